The molecule has 1 unspecified atom stereocenters. The Hall–Kier alpha value is -2.85. The number of carbonyl (C=O) groups excluding carboxylic acids is 1. The normalized spacial score (nSPS) is 12.0. The van der Waals surface area contributed by atoms with E-state index in [4.69, 9.17) is 10.0 Å². The molecule has 0 bridgehead atoms. The Bertz CT molecular complexity index is 1080. The third kappa shape index (κ3) is 6.33. The van der Waals surface area contributed by atoms with Crippen LogP contribution in [-0.4, -0.2) is 58.9 Å². The Kier molecular flexibility index (Phi) is 7.27. The summed E-state index contributed by atoms with van der Waals surface area (Å²) < 4.78 is 52.8. The fraction of sp³-hybridized carbons (Fsp3) is 0.133. The first-order valence-electron chi connectivity index (χ1n) is 7.99. The number of hydrogen-bond donors (Lipinski definition) is 5. The second-order valence-corrected chi connectivity index (χ2v) is 8.63. The van der Waals surface area contributed by atoms with E-state index in [1.807, 2.05) is 0 Å². The zero-order valence-electron chi connectivity index (χ0n) is 15.6. The molecule has 1 amide bonds. The van der Waals surface area contributed by atoms with Crippen molar-refractivity contribution in [1.82, 2.24) is 0 Å². The molecule has 0 saturated carbocycles. The first-order valence-corrected chi connectivity index (χ1v) is 10.9. The molecule has 15 heteroatoms. The molecule has 2 aromatic carbocycles. The minimum absolute atomic E-state index is 0.0312. The van der Waals surface area contributed by atoms with Gasteiger partial charge in [-0.25, -0.2) is 8.42 Å². The number of phenols is 1. The fourth-order valence-electron chi connectivity index (χ4n) is 2.30. The topological polar surface area (TPSA) is 189 Å². The molecule has 0 aliphatic heterocycles. The molecule has 0 radical (unpaired) electrons. The molecule has 30 heavy (non-hydrogen) atoms. The Balaban J connectivity index is 2.34. The number of nitrogens with zero attached hydrogens (tertiary/aromatic N) is 1. The number of hydrogen-bond acceptors (Lipinski definition) is 9. The van der Waals surface area contributed by atoms with Gasteiger partial charge >= 0.3 is 7.32 Å². The van der Waals surface area contributed by atoms with Crippen LogP contribution in [0.25, 0.3) is 0 Å². The molecule has 12 nitrogen and oxygen atoms in total. The standard InChI is InChI=1S/C15H18BN3O9S2/c1-19(29(24)25)12-8-10(4-5-13(12)20)17-15(21)9-3-6-14(28-16(22)23)11(7-9)18-30(2,26)27/h3-8,18,20,22-23H,1-2H3,(H,17,21)(H,24,25)/p-1. The van der Waals surface area contributed by atoms with Crippen molar-refractivity contribution in [2.75, 3.05) is 27.6 Å². The van der Waals surface area contributed by atoms with Crippen LogP contribution in [0.1, 0.15) is 10.4 Å². The third-order valence-corrected chi connectivity index (χ3v) is 4.80. The van der Waals surface area contributed by atoms with Crippen molar-refractivity contribution in [2.24, 2.45) is 0 Å². The smallest absolute Gasteiger partial charge is 0.707 e. The molecule has 2 aromatic rings. The molecule has 0 aromatic heterocycles. The summed E-state index contributed by atoms with van der Waals surface area (Å²) in [6.45, 7) is 0. The summed E-state index contributed by atoms with van der Waals surface area (Å²) >= 11 is -2.66. The molecule has 0 fully saturated rings. The predicted octanol–water partition coefficient (Wildman–Crippen LogP) is -0.405. The summed E-state index contributed by atoms with van der Waals surface area (Å²) in [5, 5.41) is 30.2. The van der Waals surface area contributed by atoms with Gasteiger partial charge in [0.2, 0.25) is 10.0 Å². The highest BCUT2D eigenvalue weighted by molar-refractivity contribution is 7.92. The lowest BCUT2D eigenvalue weighted by Gasteiger charge is -2.22. The number of aromatic hydroxyl groups is 1. The first-order chi connectivity index (χ1) is 13.9. The molecule has 0 heterocycles. The predicted molar refractivity (Wildman–Crippen MR) is 109 cm³/mol. The number of nitrogens with one attached hydrogen (secondary N) is 2. The second-order valence-electron chi connectivity index (χ2n) is 5.90. The molecular weight excluding hydrogens is 441 g/mol. The number of amides is 1. The molecule has 1 atom stereocenters. The maximum atomic E-state index is 12.5. The van der Waals surface area contributed by atoms with E-state index in [1.54, 1.807) is 0 Å². The van der Waals surface area contributed by atoms with Crippen LogP contribution in [-0.2, 0) is 21.3 Å². The summed E-state index contributed by atoms with van der Waals surface area (Å²) in [5.74, 6) is -1.27. The van der Waals surface area contributed by atoms with Crippen molar-refractivity contribution in [2.45, 2.75) is 0 Å². The van der Waals surface area contributed by atoms with Crippen molar-refractivity contribution < 1.29 is 41.8 Å². The van der Waals surface area contributed by atoms with Crippen LogP contribution >= 0.6 is 0 Å². The van der Waals surface area contributed by atoms with E-state index in [2.05, 4.69) is 14.7 Å². The Labute approximate surface area is 174 Å². The van der Waals surface area contributed by atoms with Crippen LogP contribution in [0.15, 0.2) is 36.4 Å². The van der Waals surface area contributed by atoms with Crippen molar-refractivity contribution in [1.29, 1.82) is 0 Å². The van der Waals surface area contributed by atoms with E-state index in [9.17, 15) is 27.1 Å². The van der Waals surface area contributed by atoms with Gasteiger partial charge in [0, 0.05) is 29.6 Å². The van der Waals surface area contributed by atoms with E-state index in [-0.39, 0.29) is 34.1 Å². The average molecular weight is 458 g/mol. The number of carbonyl (C=O) groups is 1. The van der Waals surface area contributed by atoms with E-state index in [1.165, 1.54) is 31.3 Å². The van der Waals surface area contributed by atoms with Gasteiger partial charge in [0.25, 0.3) is 5.91 Å². The maximum absolute atomic E-state index is 12.5. The number of phenolic OH excluding ortho intramolecular Hbond substituents is 1. The SMILES string of the molecule is CN(c1cc(NC(=O)c2ccc(OB(O)O)c(NS(C)(=O)=O)c2)ccc1O)S(=O)[O-]. The summed E-state index contributed by atoms with van der Waals surface area (Å²) in [5.41, 5.74) is -0.183. The van der Waals surface area contributed by atoms with E-state index >= 15 is 0 Å². The maximum Gasteiger partial charge on any atom is 0.707 e. The number of anilines is 3. The number of benzene rings is 2. The van der Waals surface area contributed by atoms with E-state index < -0.39 is 34.5 Å². The first kappa shape index (κ1) is 23.4. The highest BCUT2D eigenvalue weighted by atomic mass is 32.2. The zero-order chi connectivity index (χ0) is 22.6. The number of sulfonamides is 1. The Morgan fingerprint density at radius 1 is 1.23 bits per heavy atom. The van der Waals surface area contributed by atoms with Gasteiger partial charge in [-0.1, -0.05) is 0 Å². The van der Waals surface area contributed by atoms with E-state index in [0.717, 1.165) is 22.7 Å². The van der Waals surface area contributed by atoms with Crippen LogP contribution in [0.4, 0.5) is 17.1 Å². The van der Waals surface area contributed by atoms with Crippen molar-refractivity contribution in [3.8, 4) is 11.5 Å². The Morgan fingerprint density at radius 3 is 2.47 bits per heavy atom. The van der Waals surface area contributed by atoms with Crippen molar-refractivity contribution in [3.05, 3.63) is 42.0 Å². The fourth-order valence-corrected chi connectivity index (χ4v) is 3.17. The average Bonchev–Trinajstić information content (AvgIpc) is 2.62. The molecule has 0 aliphatic rings. The van der Waals surface area contributed by atoms with Gasteiger partial charge in [0.1, 0.15) is 11.5 Å². The van der Waals surface area contributed by atoms with Crippen LogP contribution in [0, 0.1) is 0 Å². The van der Waals surface area contributed by atoms with Gasteiger partial charge in [-0.3, -0.25) is 13.7 Å². The molecule has 162 valence electrons. The summed E-state index contributed by atoms with van der Waals surface area (Å²) in [6.07, 6.45) is 0.854. The van der Waals surface area contributed by atoms with Crippen LogP contribution in [0.5, 0.6) is 11.5 Å². The molecule has 2 rings (SSSR count). The largest absolute Gasteiger partial charge is 0.755 e. The molecular formula is C15H17BN3O9S2-. The minimum Gasteiger partial charge on any atom is -0.755 e. The van der Waals surface area contributed by atoms with Gasteiger partial charge in [-0.2, -0.15) is 0 Å². The number of rotatable bonds is 8. The van der Waals surface area contributed by atoms with Gasteiger partial charge < -0.3 is 34.0 Å². The quantitative estimate of drug-likeness (QED) is 0.199. The lowest BCUT2D eigenvalue weighted by atomic mass is 10.1. The lowest BCUT2D eigenvalue weighted by molar-refractivity contribution is 0.102. The molecule has 0 aliphatic carbocycles. The second kappa shape index (κ2) is 9.31. The van der Waals surface area contributed by atoms with Crippen LogP contribution < -0.4 is 19.0 Å². The van der Waals surface area contributed by atoms with E-state index in [0.29, 0.717) is 0 Å². The third-order valence-electron chi connectivity index (χ3n) is 3.57. The highest BCUT2D eigenvalue weighted by Gasteiger charge is 2.19. The Morgan fingerprint density at radius 2 is 1.90 bits per heavy atom. The minimum atomic E-state index is -3.78. The summed E-state index contributed by atoms with van der Waals surface area (Å²) in [6, 6.07) is 7.23. The summed E-state index contributed by atoms with van der Waals surface area (Å²) in [7, 11) is -4.80. The summed E-state index contributed by atoms with van der Waals surface area (Å²) in [4.78, 5) is 12.5. The van der Waals surface area contributed by atoms with Crippen molar-refractivity contribution >= 4 is 51.6 Å². The van der Waals surface area contributed by atoms with Gasteiger partial charge in [-0.05, 0) is 36.4 Å². The van der Waals surface area contributed by atoms with Gasteiger partial charge in [0.15, 0.2) is 0 Å². The molecule has 0 spiro atoms. The highest BCUT2D eigenvalue weighted by Crippen LogP contribution is 2.31. The zero-order valence-corrected chi connectivity index (χ0v) is 17.2. The lowest BCUT2D eigenvalue weighted by Crippen LogP contribution is -2.22. The van der Waals surface area contributed by atoms with Gasteiger partial charge in [-0.15, -0.1) is 0 Å². The molecule has 5 N–H and O–H groups in total. The van der Waals surface area contributed by atoms with Crippen LogP contribution in [0.2, 0.25) is 0 Å². The van der Waals surface area contributed by atoms with Gasteiger partial charge in [0.05, 0.1) is 17.6 Å². The monoisotopic (exact) mass is 458 g/mol. The molecule has 0 saturated heterocycles. The van der Waals surface area contributed by atoms with Crippen LogP contribution in [0.3, 0.4) is 0 Å². The van der Waals surface area contributed by atoms with Crippen molar-refractivity contribution in [3.63, 3.8) is 0 Å².